The van der Waals surface area contributed by atoms with Crippen molar-refractivity contribution < 1.29 is 9.90 Å². The van der Waals surface area contributed by atoms with Crippen molar-refractivity contribution in [1.29, 1.82) is 0 Å². The van der Waals surface area contributed by atoms with Gasteiger partial charge in [0.25, 0.3) is 0 Å². The highest BCUT2D eigenvalue weighted by Crippen LogP contribution is 2.14. The Balaban J connectivity index is 2.31. The van der Waals surface area contributed by atoms with Crippen LogP contribution < -0.4 is 5.73 Å². The number of hydrogen-bond acceptors (Lipinski definition) is 3. The van der Waals surface area contributed by atoms with Gasteiger partial charge in [0.05, 0.1) is 6.61 Å². The molecule has 0 bridgehead atoms. The van der Waals surface area contributed by atoms with Crippen LogP contribution in [0.4, 0.5) is 4.79 Å². The summed E-state index contributed by atoms with van der Waals surface area (Å²) in [5.74, 6) is 0. The number of likely N-dealkylation sites (N-methyl/N-ethyl adjacent to an activating group) is 1. The molecular weight excluding hydrogens is 182 g/mol. The Kier molecular flexibility index (Phi) is 4.16. The molecule has 0 unspecified atom stereocenters. The molecule has 5 heteroatoms. The molecule has 1 fully saturated rings. The second-order valence-corrected chi connectivity index (χ2v) is 3.76. The molecule has 0 aromatic carbocycles. The van der Waals surface area contributed by atoms with Gasteiger partial charge in [-0.1, -0.05) is 0 Å². The Morgan fingerprint density at radius 1 is 1.57 bits per heavy atom. The fourth-order valence-corrected chi connectivity index (χ4v) is 1.87. The third-order valence-corrected chi connectivity index (χ3v) is 2.85. The van der Waals surface area contributed by atoms with Crippen LogP contribution >= 0.6 is 0 Å². The zero-order valence-electron chi connectivity index (χ0n) is 8.65. The maximum absolute atomic E-state index is 10.9. The van der Waals surface area contributed by atoms with Gasteiger partial charge in [-0.15, -0.1) is 0 Å². The molecule has 82 valence electrons. The van der Waals surface area contributed by atoms with Crippen LogP contribution in [0.5, 0.6) is 0 Å². The highest BCUT2D eigenvalue weighted by molar-refractivity contribution is 5.72. The molecule has 3 N–H and O–H groups in total. The van der Waals surface area contributed by atoms with Gasteiger partial charge >= 0.3 is 6.03 Å². The molecule has 14 heavy (non-hydrogen) atoms. The Bertz CT molecular complexity index is 190. The molecule has 1 heterocycles. The summed E-state index contributed by atoms with van der Waals surface area (Å²) >= 11 is 0. The van der Waals surface area contributed by atoms with E-state index >= 15 is 0 Å². The first-order valence-electron chi connectivity index (χ1n) is 5.00. The molecule has 1 aliphatic heterocycles. The van der Waals surface area contributed by atoms with Crippen LogP contribution in [0, 0.1) is 0 Å². The van der Waals surface area contributed by atoms with E-state index in [0.717, 1.165) is 25.9 Å². The monoisotopic (exact) mass is 201 g/mol. The minimum Gasteiger partial charge on any atom is -0.395 e. The Labute approximate surface area is 84.5 Å². The predicted octanol–water partition coefficient (Wildman–Crippen LogP) is -0.546. The summed E-state index contributed by atoms with van der Waals surface area (Å²) in [4.78, 5) is 14.7. The first-order chi connectivity index (χ1) is 6.65. The topological polar surface area (TPSA) is 69.8 Å². The number of primary amides is 1. The van der Waals surface area contributed by atoms with Gasteiger partial charge in [-0.3, -0.25) is 0 Å². The van der Waals surface area contributed by atoms with Crippen molar-refractivity contribution in [2.75, 3.05) is 33.3 Å². The zero-order chi connectivity index (χ0) is 10.6. The fourth-order valence-electron chi connectivity index (χ4n) is 1.87. The maximum atomic E-state index is 10.9. The van der Waals surface area contributed by atoms with E-state index in [9.17, 15) is 4.79 Å². The number of amides is 2. The van der Waals surface area contributed by atoms with Crippen molar-refractivity contribution >= 4 is 6.03 Å². The van der Waals surface area contributed by atoms with E-state index in [1.807, 2.05) is 7.05 Å². The summed E-state index contributed by atoms with van der Waals surface area (Å²) in [6, 6.07) is 0.144. The number of nitrogens with zero attached hydrogens (tertiary/aromatic N) is 2. The van der Waals surface area contributed by atoms with Gasteiger partial charge in [-0.2, -0.15) is 0 Å². The number of rotatable bonds is 3. The first-order valence-corrected chi connectivity index (χ1v) is 5.00. The highest BCUT2D eigenvalue weighted by atomic mass is 16.3. The van der Waals surface area contributed by atoms with Crippen LogP contribution in [0.2, 0.25) is 0 Å². The predicted molar refractivity (Wildman–Crippen MR) is 53.9 cm³/mol. The van der Waals surface area contributed by atoms with Crippen molar-refractivity contribution in [3.8, 4) is 0 Å². The number of carbonyl (C=O) groups excluding carboxylic acids is 1. The molecule has 0 saturated carbocycles. The lowest BCUT2D eigenvalue weighted by molar-refractivity contribution is 0.121. The third-order valence-electron chi connectivity index (χ3n) is 2.85. The molecule has 0 radical (unpaired) electrons. The van der Waals surface area contributed by atoms with E-state index < -0.39 is 0 Å². The highest BCUT2D eigenvalue weighted by Gasteiger charge is 2.23. The first kappa shape index (κ1) is 11.3. The molecular formula is C9H19N3O2. The van der Waals surface area contributed by atoms with E-state index in [-0.39, 0.29) is 12.6 Å². The number of aliphatic hydroxyl groups is 1. The van der Waals surface area contributed by atoms with Crippen LogP contribution in [0.15, 0.2) is 0 Å². The molecule has 0 aromatic heterocycles. The van der Waals surface area contributed by atoms with Gasteiger partial charge in [0, 0.05) is 25.7 Å². The summed E-state index contributed by atoms with van der Waals surface area (Å²) < 4.78 is 0. The van der Waals surface area contributed by atoms with Gasteiger partial charge in [-0.25, -0.2) is 4.79 Å². The third kappa shape index (κ3) is 2.85. The molecule has 1 saturated heterocycles. The van der Waals surface area contributed by atoms with Gasteiger partial charge < -0.3 is 20.6 Å². The van der Waals surface area contributed by atoms with Crippen molar-refractivity contribution in [3.63, 3.8) is 0 Å². The largest absolute Gasteiger partial charge is 0.395 e. The average molecular weight is 201 g/mol. The normalized spacial score (nSPS) is 18.9. The molecule has 2 amide bonds. The molecule has 0 spiro atoms. The van der Waals surface area contributed by atoms with E-state index in [1.54, 1.807) is 4.90 Å². The number of carbonyl (C=O) groups is 1. The smallest absolute Gasteiger partial charge is 0.314 e. The number of piperidine rings is 1. The molecule has 0 aromatic rings. The SMILES string of the molecule is CN(CCO)C1CCN(C(N)=O)CC1. The number of nitrogens with two attached hydrogens (primary N) is 1. The molecule has 1 rings (SSSR count). The van der Waals surface area contributed by atoms with Gasteiger partial charge in [0.2, 0.25) is 0 Å². The van der Waals surface area contributed by atoms with Crippen molar-refractivity contribution in [1.82, 2.24) is 9.80 Å². The van der Waals surface area contributed by atoms with Crippen LogP contribution in [0.3, 0.4) is 0 Å². The summed E-state index contributed by atoms with van der Waals surface area (Å²) in [6.07, 6.45) is 1.89. The van der Waals surface area contributed by atoms with E-state index in [0.29, 0.717) is 12.6 Å². The Hall–Kier alpha value is -0.810. The summed E-state index contributed by atoms with van der Waals surface area (Å²) in [6.45, 7) is 2.35. The number of hydrogen-bond donors (Lipinski definition) is 2. The van der Waals surface area contributed by atoms with Crippen LogP contribution in [-0.2, 0) is 0 Å². The fraction of sp³-hybridized carbons (Fsp3) is 0.889. The Morgan fingerprint density at radius 3 is 2.57 bits per heavy atom. The van der Waals surface area contributed by atoms with Gasteiger partial charge in [0.15, 0.2) is 0 Å². The minimum absolute atomic E-state index is 0.187. The average Bonchev–Trinajstić information content (AvgIpc) is 2.18. The van der Waals surface area contributed by atoms with Crippen LogP contribution in [-0.4, -0.2) is 60.3 Å². The van der Waals surface area contributed by atoms with Crippen LogP contribution in [0.25, 0.3) is 0 Å². The second-order valence-electron chi connectivity index (χ2n) is 3.76. The van der Waals surface area contributed by atoms with Crippen molar-refractivity contribution in [3.05, 3.63) is 0 Å². The quantitative estimate of drug-likeness (QED) is 0.644. The summed E-state index contributed by atoms with van der Waals surface area (Å²) in [5.41, 5.74) is 5.18. The minimum atomic E-state index is -0.326. The molecule has 0 aliphatic carbocycles. The van der Waals surface area contributed by atoms with E-state index in [1.165, 1.54) is 0 Å². The molecule has 5 nitrogen and oxygen atoms in total. The summed E-state index contributed by atoms with van der Waals surface area (Å²) in [7, 11) is 2.00. The van der Waals surface area contributed by atoms with Crippen molar-refractivity contribution in [2.24, 2.45) is 5.73 Å². The maximum Gasteiger partial charge on any atom is 0.314 e. The van der Waals surface area contributed by atoms with E-state index in [4.69, 9.17) is 10.8 Å². The Morgan fingerprint density at radius 2 is 2.14 bits per heavy atom. The lowest BCUT2D eigenvalue weighted by Crippen LogP contribution is -2.47. The number of likely N-dealkylation sites (tertiary alicyclic amines) is 1. The van der Waals surface area contributed by atoms with Crippen molar-refractivity contribution in [2.45, 2.75) is 18.9 Å². The van der Waals surface area contributed by atoms with E-state index in [2.05, 4.69) is 4.90 Å². The van der Waals surface area contributed by atoms with Gasteiger partial charge in [0.1, 0.15) is 0 Å². The van der Waals surface area contributed by atoms with Crippen LogP contribution in [0.1, 0.15) is 12.8 Å². The zero-order valence-corrected chi connectivity index (χ0v) is 8.65. The number of urea groups is 1. The molecule has 1 aliphatic rings. The number of aliphatic hydroxyl groups excluding tert-OH is 1. The lowest BCUT2D eigenvalue weighted by Gasteiger charge is -2.35. The summed E-state index contributed by atoms with van der Waals surface area (Å²) in [5, 5.41) is 8.78. The molecule has 0 atom stereocenters. The standard InChI is InChI=1S/C9H19N3O2/c1-11(6-7-13)8-2-4-12(5-3-8)9(10)14/h8,13H,2-7H2,1H3,(H2,10,14). The lowest BCUT2D eigenvalue weighted by atomic mass is 10.0. The van der Waals surface area contributed by atoms with Gasteiger partial charge in [-0.05, 0) is 19.9 Å². The second kappa shape index (κ2) is 5.17.